The highest BCUT2D eigenvalue weighted by Crippen LogP contribution is 2.12. The van der Waals surface area contributed by atoms with Gasteiger partial charge in [0.15, 0.2) is 0 Å². The molecule has 1 aromatic carbocycles. The summed E-state index contributed by atoms with van der Waals surface area (Å²) in [5.41, 5.74) is 8.67. The predicted octanol–water partition coefficient (Wildman–Crippen LogP) is 2.33. The van der Waals surface area contributed by atoms with E-state index in [9.17, 15) is 4.79 Å². The van der Waals surface area contributed by atoms with Gasteiger partial charge >= 0.3 is 5.97 Å². The van der Waals surface area contributed by atoms with Crippen LogP contribution in [0.1, 0.15) is 28.7 Å². The quantitative estimate of drug-likeness (QED) is 0.510. The summed E-state index contributed by atoms with van der Waals surface area (Å²) in [5.74, 6) is 0.110. The van der Waals surface area contributed by atoms with E-state index < -0.39 is 0 Å². The third-order valence-electron chi connectivity index (χ3n) is 2.86. The normalized spacial score (nSPS) is 11.2. The van der Waals surface area contributed by atoms with Crippen molar-refractivity contribution in [2.24, 2.45) is 10.7 Å². The molecule has 0 unspecified atom stereocenters. The summed E-state index contributed by atoms with van der Waals surface area (Å²) < 4.78 is 4.93. The average Bonchev–Trinajstić information content (AvgIpc) is 2.47. The molecule has 0 aliphatic heterocycles. The first-order valence-electron chi connectivity index (χ1n) is 7.18. The van der Waals surface area contributed by atoms with E-state index in [1.54, 1.807) is 31.2 Å². The van der Waals surface area contributed by atoms with Gasteiger partial charge in [-0.15, -0.1) is 0 Å². The predicted molar refractivity (Wildman–Crippen MR) is 88.8 cm³/mol. The van der Waals surface area contributed by atoms with Gasteiger partial charge in [-0.05, 0) is 51.1 Å². The number of aromatic nitrogens is 2. The molecule has 120 valence electrons. The van der Waals surface area contributed by atoms with Gasteiger partial charge in [0, 0.05) is 17.1 Å². The Kier molecular flexibility index (Phi) is 5.24. The molecule has 3 N–H and O–H groups in total. The molecule has 2 rings (SSSR count). The molecule has 0 atom stereocenters. The van der Waals surface area contributed by atoms with Crippen LogP contribution in [0.4, 0.5) is 11.6 Å². The number of aliphatic imine (C=N–C) groups is 1. The zero-order valence-corrected chi connectivity index (χ0v) is 13.3. The number of carbonyl (C=O) groups excluding carboxylic acids is 1. The van der Waals surface area contributed by atoms with Gasteiger partial charge in [-0.2, -0.15) is 4.99 Å². The standard InChI is InChI=1S/C16H19N5O2/c1-4-23-14(22)12-5-7-13(8-6-12)20-15(17)21-16-18-10(2)9-11(3)19-16/h5-9H,4H2,1-3H3,(H3,17,18,19,20,21). The number of nitrogens with two attached hydrogens (primary N) is 1. The summed E-state index contributed by atoms with van der Waals surface area (Å²) >= 11 is 0. The maximum absolute atomic E-state index is 11.6. The van der Waals surface area contributed by atoms with Crippen LogP contribution in [0.15, 0.2) is 35.3 Å². The Morgan fingerprint density at radius 3 is 2.39 bits per heavy atom. The fraction of sp³-hybridized carbons (Fsp3) is 0.250. The van der Waals surface area contributed by atoms with E-state index in [1.807, 2.05) is 19.9 Å². The number of carbonyl (C=O) groups is 1. The lowest BCUT2D eigenvalue weighted by molar-refractivity contribution is 0.0526. The summed E-state index contributed by atoms with van der Waals surface area (Å²) in [6.45, 7) is 5.84. The lowest BCUT2D eigenvalue weighted by Gasteiger charge is -2.07. The maximum Gasteiger partial charge on any atom is 0.338 e. The Morgan fingerprint density at radius 2 is 1.83 bits per heavy atom. The monoisotopic (exact) mass is 313 g/mol. The third-order valence-corrected chi connectivity index (χ3v) is 2.86. The van der Waals surface area contributed by atoms with Gasteiger partial charge in [-0.3, -0.25) is 0 Å². The topological polar surface area (TPSA) is 102 Å². The summed E-state index contributed by atoms with van der Waals surface area (Å²) in [6, 6.07) is 8.60. The fourth-order valence-electron chi connectivity index (χ4n) is 1.94. The van der Waals surface area contributed by atoms with Crippen LogP contribution < -0.4 is 11.1 Å². The van der Waals surface area contributed by atoms with Crippen molar-refractivity contribution in [3.05, 3.63) is 47.3 Å². The van der Waals surface area contributed by atoms with E-state index in [2.05, 4.69) is 20.3 Å². The molecule has 7 heteroatoms. The van der Waals surface area contributed by atoms with E-state index in [0.717, 1.165) is 11.4 Å². The van der Waals surface area contributed by atoms with Crippen LogP contribution in [0.2, 0.25) is 0 Å². The lowest BCUT2D eigenvalue weighted by Crippen LogP contribution is -2.22. The number of guanidine groups is 1. The van der Waals surface area contributed by atoms with E-state index in [-0.39, 0.29) is 11.9 Å². The van der Waals surface area contributed by atoms with Gasteiger partial charge in [0.2, 0.25) is 5.96 Å². The lowest BCUT2D eigenvalue weighted by atomic mass is 10.2. The number of benzene rings is 1. The first-order chi connectivity index (χ1) is 11.0. The van der Waals surface area contributed by atoms with Crippen molar-refractivity contribution in [3.63, 3.8) is 0 Å². The number of nitrogens with zero attached hydrogens (tertiary/aromatic N) is 3. The molecule has 0 aliphatic rings. The highest BCUT2D eigenvalue weighted by Gasteiger charge is 2.06. The van der Waals surface area contributed by atoms with E-state index in [1.165, 1.54) is 0 Å². The Morgan fingerprint density at radius 1 is 1.22 bits per heavy atom. The second kappa shape index (κ2) is 7.35. The first-order valence-corrected chi connectivity index (χ1v) is 7.18. The van der Waals surface area contributed by atoms with Gasteiger partial charge in [0.25, 0.3) is 5.95 Å². The van der Waals surface area contributed by atoms with Crippen molar-refractivity contribution in [2.75, 3.05) is 11.9 Å². The largest absolute Gasteiger partial charge is 0.462 e. The number of hydrogen-bond acceptors (Lipinski definition) is 5. The first kappa shape index (κ1) is 16.4. The van der Waals surface area contributed by atoms with Crippen molar-refractivity contribution in [3.8, 4) is 0 Å². The van der Waals surface area contributed by atoms with Crippen LogP contribution >= 0.6 is 0 Å². The third kappa shape index (κ3) is 4.77. The fourth-order valence-corrected chi connectivity index (χ4v) is 1.94. The number of rotatable bonds is 4. The molecule has 0 fully saturated rings. The minimum atomic E-state index is -0.357. The van der Waals surface area contributed by atoms with Gasteiger partial charge in [0.1, 0.15) is 0 Å². The van der Waals surface area contributed by atoms with E-state index >= 15 is 0 Å². The second-order valence-corrected chi connectivity index (χ2v) is 4.87. The number of esters is 1. The van der Waals surface area contributed by atoms with Crippen LogP contribution in [-0.2, 0) is 4.74 Å². The maximum atomic E-state index is 11.6. The Balaban J connectivity index is 2.09. The van der Waals surface area contributed by atoms with Crippen LogP contribution in [0.25, 0.3) is 0 Å². The van der Waals surface area contributed by atoms with Crippen molar-refractivity contribution in [2.45, 2.75) is 20.8 Å². The van der Waals surface area contributed by atoms with Gasteiger partial charge in [-0.25, -0.2) is 14.8 Å². The molecule has 23 heavy (non-hydrogen) atoms. The molecular formula is C16H19N5O2. The van der Waals surface area contributed by atoms with Crippen molar-refractivity contribution >= 4 is 23.6 Å². The second-order valence-electron chi connectivity index (χ2n) is 4.87. The van der Waals surface area contributed by atoms with E-state index in [0.29, 0.717) is 23.8 Å². The van der Waals surface area contributed by atoms with Crippen LogP contribution in [0, 0.1) is 13.8 Å². The van der Waals surface area contributed by atoms with Crippen molar-refractivity contribution in [1.82, 2.24) is 9.97 Å². The van der Waals surface area contributed by atoms with Gasteiger partial charge < -0.3 is 15.8 Å². The molecule has 2 aromatic rings. The van der Waals surface area contributed by atoms with Crippen molar-refractivity contribution < 1.29 is 9.53 Å². The molecular weight excluding hydrogens is 294 g/mol. The Labute approximate surface area is 134 Å². The number of aryl methyl sites for hydroxylation is 2. The summed E-state index contributed by atoms with van der Waals surface area (Å²) in [5, 5.41) is 2.92. The van der Waals surface area contributed by atoms with Crippen LogP contribution in [-0.4, -0.2) is 28.5 Å². The molecule has 1 aromatic heterocycles. The molecule has 0 amide bonds. The zero-order chi connectivity index (χ0) is 16.8. The van der Waals surface area contributed by atoms with Crippen molar-refractivity contribution in [1.29, 1.82) is 0 Å². The number of hydrogen-bond donors (Lipinski definition) is 2. The highest BCUT2D eigenvalue weighted by atomic mass is 16.5. The molecule has 7 nitrogen and oxygen atoms in total. The summed E-state index contributed by atoms with van der Waals surface area (Å²) in [6.07, 6.45) is 0. The molecule has 0 radical (unpaired) electrons. The van der Waals surface area contributed by atoms with E-state index in [4.69, 9.17) is 10.5 Å². The van der Waals surface area contributed by atoms with Crippen LogP contribution in [0.3, 0.4) is 0 Å². The zero-order valence-electron chi connectivity index (χ0n) is 13.3. The number of nitrogens with one attached hydrogen (secondary N) is 1. The van der Waals surface area contributed by atoms with Crippen LogP contribution in [0.5, 0.6) is 0 Å². The summed E-state index contributed by atoms with van der Waals surface area (Å²) in [4.78, 5) is 24.1. The SMILES string of the molecule is CCOC(=O)c1ccc(NC(N)=Nc2nc(C)cc(C)n2)cc1. The molecule has 0 spiro atoms. The van der Waals surface area contributed by atoms with Gasteiger partial charge in [0.05, 0.1) is 12.2 Å². The summed E-state index contributed by atoms with van der Waals surface area (Å²) in [7, 11) is 0. The smallest absolute Gasteiger partial charge is 0.338 e. The van der Waals surface area contributed by atoms with Gasteiger partial charge in [-0.1, -0.05) is 0 Å². The minimum Gasteiger partial charge on any atom is -0.462 e. The number of anilines is 1. The number of ether oxygens (including phenoxy) is 1. The molecule has 0 saturated heterocycles. The average molecular weight is 313 g/mol. The highest BCUT2D eigenvalue weighted by molar-refractivity contribution is 5.94. The Bertz CT molecular complexity index is 706. The Hall–Kier alpha value is -2.96. The molecule has 0 aliphatic carbocycles. The molecule has 0 saturated carbocycles. The molecule has 1 heterocycles. The minimum absolute atomic E-state index is 0.166. The molecule has 0 bridgehead atoms.